The Kier molecular flexibility index (Phi) is 10.1. The largest absolute Gasteiger partial charge is 0.497 e. The topological polar surface area (TPSA) is 96.0 Å². The van der Waals surface area contributed by atoms with Gasteiger partial charge in [-0.05, 0) is 49.6 Å². The molecular formula is C25H35N3O5S. The van der Waals surface area contributed by atoms with Crippen molar-refractivity contribution in [1.29, 1.82) is 0 Å². The molecule has 1 atom stereocenters. The van der Waals surface area contributed by atoms with Gasteiger partial charge < -0.3 is 15.0 Å². The number of ether oxygens (including phenoxy) is 1. The van der Waals surface area contributed by atoms with E-state index in [1.54, 1.807) is 31.4 Å². The van der Waals surface area contributed by atoms with Crippen molar-refractivity contribution in [2.75, 3.05) is 27.2 Å². The van der Waals surface area contributed by atoms with Crippen LogP contribution in [0.2, 0.25) is 0 Å². The van der Waals surface area contributed by atoms with Crippen molar-refractivity contribution in [1.82, 2.24) is 14.5 Å². The number of rotatable bonds is 12. The minimum atomic E-state index is -3.87. The second kappa shape index (κ2) is 12.5. The Balaban J connectivity index is 2.32. The highest BCUT2D eigenvalue weighted by atomic mass is 32.2. The van der Waals surface area contributed by atoms with E-state index in [9.17, 15) is 18.0 Å². The van der Waals surface area contributed by atoms with Crippen LogP contribution in [0.4, 0.5) is 0 Å². The summed E-state index contributed by atoms with van der Waals surface area (Å²) in [6, 6.07) is 13.0. The van der Waals surface area contributed by atoms with Crippen molar-refractivity contribution in [3.05, 3.63) is 59.7 Å². The summed E-state index contributed by atoms with van der Waals surface area (Å²) in [7, 11) is -0.944. The average molecular weight is 490 g/mol. The molecule has 9 heteroatoms. The van der Waals surface area contributed by atoms with Crippen LogP contribution in [0, 0.1) is 6.92 Å². The molecule has 0 aliphatic carbocycles. The standard InChI is InChI=1S/C25H35N3O5S/c1-6-15-26-25(30)23(7-2)28(17-20-9-8-10-21(16-20)33-5)24(29)18-27(4)34(31,32)22-13-11-19(3)12-14-22/h8-14,16,23H,6-7,15,17-18H2,1-5H3,(H,26,30)/t23-/m1/s1. The molecule has 8 nitrogen and oxygen atoms in total. The van der Waals surface area contributed by atoms with Crippen LogP contribution in [0.1, 0.15) is 37.8 Å². The molecule has 0 saturated heterocycles. The molecule has 186 valence electrons. The number of nitrogens with zero attached hydrogens (tertiary/aromatic N) is 2. The highest BCUT2D eigenvalue weighted by Crippen LogP contribution is 2.19. The number of nitrogens with one attached hydrogen (secondary N) is 1. The number of sulfonamides is 1. The maximum atomic E-state index is 13.4. The summed E-state index contributed by atoms with van der Waals surface area (Å²) in [5.74, 6) is -0.0865. The molecular weight excluding hydrogens is 454 g/mol. The van der Waals surface area contributed by atoms with Gasteiger partial charge in [-0.25, -0.2) is 8.42 Å². The van der Waals surface area contributed by atoms with E-state index in [-0.39, 0.29) is 17.3 Å². The molecule has 0 aliphatic heterocycles. The molecule has 0 spiro atoms. The Morgan fingerprint density at radius 1 is 1.09 bits per heavy atom. The van der Waals surface area contributed by atoms with E-state index in [4.69, 9.17) is 4.74 Å². The third-order valence-corrected chi connectivity index (χ3v) is 7.33. The summed E-state index contributed by atoms with van der Waals surface area (Å²) in [4.78, 5) is 27.9. The van der Waals surface area contributed by atoms with Crippen molar-refractivity contribution in [2.24, 2.45) is 0 Å². The first-order valence-corrected chi connectivity index (χ1v) is 12.8. The first kappa shape index (κ1) is 27.3. The molecule has 0 unspecified atom stereocenters. The Labute approximate surface area is 202 Å². The van der Waals surface area contributed by atoms with Crippen molar-refractivity contribution < 1.29 is 22.7 Å². The number of likely N-dealkylation sites (N-methyl/N-ethyl adjacent to an activating group) is 1. The number of amides is 2. The molecule has 1 N–H and O–H groups in total. The van der Waals surface area contributed by atoms with E-state index in [0.29, 0.717) is 18.7 Å². The third-order valence-electron chi connectivity index (χ3n) is 5.51. The quantitative estimate of drug-likeness (QED) is 0.495. The summed E-state index contributed by atoms with van der Waals surface area (Å²) in [5, 5.41) is 2.85. The first-order valence-electron chi connectivity index (χ1n) is 11.4. The molecule has 0 aromatic heterocycles. The van der Waals surface area contributed by atoms with Gasteiger partial charge in [0.2, 0.25) is 21.8 Å². The number of hydrogen-bond acceptors (Lipinski definition) is 5. The van der Waals surface area contributed by atoms with Crippen LogP contribution in [0.15, 0.2) is 53.4 Å². The van der Waals surface area contributed by atoms with Crippen molar-refractivity contribution in [3.8, 4) is 5.75 Å². The van der Waals surface area contributed by atoms with Gasteiger partial charge in [0.15, 0.2) is 0 Å². The van der Waals surface area contributed by atoms with Gasteiger partial charge in [-0.3, -0.25) is 9.59 Å². The molecule has 2 aromatic carbocycles. The fraction of sp³-hybridized carbons (Fsp3) is 0.440. The maximum absolute atomic E-state index is 13.4. The van der Waals surface area contributed by atoms with Gasteiger partial charge in [0.1, 0.15) is 11.8 Å². The summed E-state index contributed by atoms with van der Waals surface area (Å²) in [6.45, 7) is 5.90. The van der Waals surface area contributed by atoms with E-state index in [2.05, 4.69) is 5.32 Å². The molecule has 0 saturated carbocycles. The smallest absolute Gasteiger partial charge is 0.243 e. The van der Waals surface area contributed by atoms with E-state index in [1.807, 2.05) is 32.9 Å². The zero-order valence-corrected chi connectivity index (χ0v) is 21.4. The summed E-state index contributed by atoms with van der Waals surface area (Å²) in [6.07, 6.45) is 1.16. The van der Waals surface area contributed by atoms with Gasteiger partial charge in [0.05, 0.1) is 18.6 Å². The number of hydrogen-bond donors (Lipinski definition) is 1. The molecule has 2 rings (SSSR count). The zero-order chi connectivity index (χ0) is 25.3. The number of benzene rings is 2. The van der Waals surface area contributed by atoms with Crippen LogP contribution in [-0.2, 0) is 26.2 Å². The molecule has 0 heterocycles. The molecule has 2 amide bonds. The SMILES string of the molecule is CCCNC(=O)[C@@H](CC)N(Cc1cccc(OC)c1)C(=O)CN(C)S(=O)(=O)c1ccc(C)cc1. The highest BCUT2D eigenvalue weighted by molar-refractivity contribution is 7.89. The van der Waals surface area contributed by atoms with Gasteiger partial charge in [-0.1, -0.05) is 43.7 Å². The highest BCUT2D eigenvalue weighted by Gasteiger charge is 2.31. The van der Waals surface area contributed by atoms with Crippen LogP contribution < -0.4 is 10.1 Å². The van der Waals surface area contributed by atoms with Gasteiger partial charge in [-0.2, -0.15) is 4.31 Å². The lowest BCUT2D eigenvalue weighted by atomic mass is 10.1. The Bertz CT molecular complexity index is 1070. The predicted molar refractivity (Wildman–Crippen MR) is 132 cm³/mol. The number of methoxy groups -OCH3 is 1. The number of aryl methyl sites for hydroxylation is 1. The lowest BCUT2D eigenvalue weighted by Crippen LogP contribution is -2.51. The van der Waals surface area contributed by atoms with E-state index in [0.717, 1.165) is 21.9 Å². The molecule has 0 fully saturated rings. The first-order chi connectivity index (χ1) is 16.1. The fourth-order valence-electron chi connectivity index (χ4n) is 3.51. The monoisotopic (exact) mass is 489 g/mol. The van der Waals surface area contributed by atoms with Crippen LogP contribution in [0.5, 0.6) is 5.75 Å². The van der Waals surface area contributed by atoms with E-state index < -0.39 is 28.5 Å². The lowest BCUT2D eigenvalue weighted by Gasteiger charge is -2.32. The van der Waals surface area contributed by atoms with Crippen molar-refractivity contribution in [3.63, 3.8) is 0 Å². The van der Waals surface area contributed by atoms with Gasteiger partial charge >= 0.3 is 0 Å². The van der Waals surface area contributed by atoms with Crippen LogP contribution in [-0.4, -0.2) is 62.7 Å². The number of carbonyl (C=O) groups excluding carboxylic acids is 2. The molecule has 34 heavy (non-hydrogen) atoms. The zero-order valence-electron chi connectivity index (χ0n) is 20.6. The Hall–Kier alpha value is -2.91. The second-order valence-corrected chi connectivity index (χ2v) is 10.2. The number of carbonyl (C=O) groups is 2. The third kappa shape index (κ3) is 7.04. The van der Waals surface area contributed by atoms with E-state index >= 15 is 0 Å². The van der Waals surface area contributed by atoms with Gasteiger partial charge in [0, 0.05) is 20.1 Å². The predicted octanol–water partition coefficient (Wildman–Crippen LogP) is 2.96. The molecule has 2 aromatic rings. The van der Waals surface area contributed by atoms with E-state index in [1.165, 1.54) is 24.1 Å². The maximum Gasteiger partial charge on any atom is 0.243 e. The normalized spacial score (nSPS) is 12.3. The van der Waals surface area contributed by atoms with Crippen LogP contribution >= 0.6 is 0 Å². The minimum Gasteiger partial charge on any atom is -0.497 e. The van der Waals surface area contributed by atoms with Crippen molar-refractivity contribution in [2.45, 2.75) is 51.1 Å². The van der Waals surface area contributed by atoms with Crippen LogP contribution in [0.25, 0.3) is 0 Å². The summed E-state index contributed by atoms with van der Waals surface area (Å²) >= 11 is 0. The van der Waals surface area contributed by atoms with Crippen LogP contribution in [0.3, 0.4) is 0 Å². The molecule has 0 aliphatic rings. The Morgan fingerprint density at radius 2 is 1.76 bits per heavy atom. The van der Waals surface area contributed by atoms with Gasteiger partial charge in [-0.15, -0.1) is 0 Å². The van der Waals surface area contributed by atoms with Gasteiger partial charge in [0.25, 0.3) is 0 Å². The fourth-order valence-corrected chi connectivity index (χ4v) is 4.63. The lowest BCUT2D eigenvalue weighted by molar-refractivity contribution is -0.141. The minimum absolute atomic E-state index is 0.112. The molecule has 0 radical (unpaired) electrons. The average Bonchev–Trinajstić information content (AvgIpc) is 2.82. The Morgan fingerprint density at radius 3 is 2.35 bits per heavy atom. The summed E-state index contributed by atoms with van der Waals surface area (Å²) in [5.41, 5.74) is 1.71. The summed E-state index contributed by atoms with van der Waals surface area (Å²) < 4.78 is 32.3. The van der Waals surface area contributed by atoms with Crippen molar-refractivity contribution >= 4 is 21.8 Å². The molecule has 0 bridgehead atoms. The second-order valence-electron chi connectivity index (χ2n) is 8.16.